The Balaban J connectivity index is 1.80. The van der Waals surface area contributed by atoms with Gasteiger partial charge in [0.25, 0.3) is 0 Å². The van der Waals surface area contributed by atoms with E-state index in [4.69, 9.17) is 4.42 Å². The van der Waals surface area contributed by atoms with Gasteiger partial charge in [-0.3, -0.25) is 4.57 Å². The Morgan fingerprint density at radius 3 is 1.96 bits per heavy atom. The Morgan fingerprint density at radius 1 is 0.920 bits per heavy atom. The third-order valence-corrected chi connectivity index (χ3v) is 8.71. The average Bonchev–Trinajstić information content (AvgIpc) is 3.17. The van der Waals surface area contributed by atoms with Crippen LogP contribution in [0.5, 0.6) is 0 Å². The van der Waals surface area contributed by atoms with Crippen LogP contribution in [0.1, 0.15) is 11.6 Å². The van der Waals surface area contributed by atoms with Crippen molar-refractivity contribution >= 4 is 25.9 Å². The van der Waals surface area contributed by atoms with Crippen LogP contribution in [0, 0.1) is 0 Å². The van der Waals surface area contributed by atoms with Crippen LogP contribution in [0.4, 0.5) is 0 Å². The standard InChI is InChI=1S/C19H20O4P2/c20-19(18-12-7-13-23-18)25(21,22)15-14-24(16-8-3-1-4-9-16)17-10-5-2-6-11-17/h1-13,19-20H,14-15H2,(H,21,22)/t19-/m0/s1. The van der Waals surface area contributed by atoms with Gasteiger partial charge in [-0.1, -0.05) is 60.7 Å². The van der Waals surface area contributed by atoms with E-state index in [0.29, 0.717) is 6.16 Å². The van der Waals surface area contributed by atoms with Gasteiger partial charge in [0.2, 0.25) is 7.37 Å². The lowest BCUT2D eigenvalue weighted by atomic mass is 10.4. The number of aliphatic hydroxyl groups excluding tert-OH is 1. The first-order chi connectivity index (χ1) is 12.1. The van der Waals surface area contributed by atoms with Gasteiger partial charge in [-0.05, 0) is 36.8 Å². The van der Waals surface area contributed by atoms with Crippen molar-refractivity contribution in [1.82, 2.24) is 0 Å². The fraction of sp³-hybridized carbons (Fsp3) is 0.158. The second-order valence-corrected chi connectivity index (χ2v) is 10.5. The molecule has 0 fully saturated rings. The Kier molecular flexibility index (Phi) is 5.88. The van der Waals surface area contributed by atoms with Crippen LogP contribution in [0.25, 0.3) is 0 Å². The van der Waals surface area contributed by atoms with E-state index in [1.54, 1.807) is 6.07 Å². The summed E-state index contributed by atoms with van der Waals surface area (Å²) in [5.41, 5.74) is 0. The van der Waals surface area contributed by atoms with E-state index in [-0.39, 0.29) is 11.9 Å². The first-order valence-electron chi connectivity index (χ1n) is 7.98. The van der Waals surface area contributed by atoms with Gasteiger partial charge in [-0.25, -0.2) is 0 Å². The maximum absolute atomic E-state index is 12.6. The third kappa shape index (κ3) is 4.48. The maximum Gasteiger partial charge on any atom is 0.236 e. The largest absolute Gasteiger partial charge is 0.466 e. The van der Waals surface area contributed by atoms with Crippen LogP contribution >= 0.6 is 15.3 Å². The summed E-state index contributed by atoms with van der Waals surface area (Å²) in [6.45, 7) is 0. The molecule has 1 unspecified atom stereocenters. The van der Waals surface area contributed by atoms with E-state index in [1.165, 1.54) is 12.3 Å². The lowest BCUT2D eigenvalue weighted by Gasteiger charge is -2.22. The van der Waals surface area contributed by atoms with Crippen molar-refractivity contribution in [2.24, 2.45) is 0 Å². The first kappa shape index (κ1) is 18.1. The topological polar surface area (TPSA) is 70.7 Å². The average molecular weight is 374 g/mol. The molecule has 0 aliphatic carbocycles. The van der Waals surface area contributed by atoms with Crippen LogP contribution in [0.2, 0.25) is 0 Å². The normalized spacial score (nSPS) is 15.0. The summed E-state index contributed by atoms with van der Waals surface area (Å²) in [5, 5.41) is 12.5. The Labute approximate surface area is 148 Å². The summed E-state index contributed by atoms with van der Waals surface area (Å²) in [5.74, 6) is -1.35. The molecule has 0 radical (unpaired) electrons. The fourth-order valence-corrected chi connectivity index (χ4v) is 7.24. The lowest BCUT2D eigenvalue weighted by molar-refractivity contribution is 0.206. The van der Waals surface area contributed by atoms with E-state index >= 15 is 0 Å². The van der Waals surface area contributed by atoms with Gasteiger partial charge in [0.05, 0.1) is 6.26 Å². The maximum atomic E-state index is 12.6. The molecule has 0 saturated carbocycles. The van der Waals surface area contributed by atoms with Gasteiger partial charge >= 0.3 is 0 Å². The first-order valence-corrected chi connectivity index (χ1v) is 11.4. The zero-order valence-electron chi connectivity index (χ0n) is 13.6. The zero-order valence-corrected chi connectivity index (χ0v) is 15.4. The van der Waals surface area contributed by atoms with Crippen molar-refractivity contribution in [2.45, 2.75) is 5.85 Å². The molecule has 2 aromatic carbocycles. The molecule has 3 rings (SSSR count). The van der Waals surface area contributed by atoms with Crippen LogP contribution in [-0.2, 0) is 4.57 Å². The summed E-state index contributed by atoms with van der Waals surface area (Å²) < 4.78 is 17.7. The Morgan fingerprint density at radius 2 is 1.48 bits per heavy atom. The second kappa shape index (κ2) is 8.12. The van der Waals surface area contributed by atoms with Gasteiger partial charge < -0.3 is 14.4 Å². The monoisotopic (exact) mass is 374 g/mol. The molecule has 6 heteroatoms. The van der Waals surface area contributed by atoms with Crippen LogP contribution in [0.3, 0.4) is 0 Å². The molecule has 2 atom stereocenters. The summed E-state index contributed by atoms with van der Waals surface area (Å²) in [6.07, 6.45) is 1.94. The second-order valence-electron chi connectivity index (χ2n) is 5.69. The highest BCUT2D eigenvalue weighted by Gasteiger charge is 2.33. The summed E-state index contributed by atoms with van der Waals surface area (Å²) in [6, 6.07) is 23.1. The molecule has 0 bridgehead atoms. The third-order valence-electron chi connectivity index (χ3n) is 3.96. The van der Waals surface area contributed by atoms with Crippen molar-refractivity contribution in [1.29, 1.82) is 0 Å². The van der Waals surface area contributed by atoms with E-state index in [0.717, 1.165) is 10.6 Å². The fourth-order valence-electron chi connectivity index (χ4n) is 2.63. The molecule has 25 heavy (non-hydrogen) atoms. The molecule has 2 N–H and O–H groups in total. The van der Waals surface area contributed by atoms with E-state index in [9.17, 15) is 14.6 Å². The summed E-state index contributed by atoms with van der Waals surface area (Å²) in [4.78, 5) is 10.4. The Hall–Kier alpha value is -1.70. The van der Waals surface area contributed by atoms with E-state index < -0.39 is 21.1 Å². The van der Waals surface area contributed by atoms with Crippen molar-refractivity contribution < 1.29 is 19.0 Å². The molecule has 3 aromatic rings. The molecule has 0 saturated heterocycles. The van der Waals surface area contributed by atoms with Crippen LogP contribution < -0.4 is 10.6 Å². The molecule has 130 valence electrons. The minimum atomic E-state index is -3.79. The van der Waals surface area contributed by atoms with Gasteiger partial charge in [0, 0.05) is 6.16 Å². The van der Waals surface area contributed by atoms with Gasteiger partial charge in [-0.15, -0.1) is 0 Å². The summed E-state index contributed by atoms with van der Waals surface area (Å²) >= 11 is 0. The smallest absolute Gasteiger partial charge is 0.236 e. The number of benzene rings is 2. The van der Waals surface area contributed by atoms with E-state index in [2.05, 4.69) is 0 Å². The molecule has 0 aliphatic heterocycles. The Bertz CT molecular complexity index is 780. The number of aliphatic hydroxyl groups is 1. The number of hydrogen-bond acceptors (Lipinski definition) is 3. The zero-order chi connectivity index (χ0) is 17.7. The molecule has 1 heterocycles. The summed E-state index contributed by atoms with van der Waals surface area (Å²) in [7, 11) is -4.56. The van der Waals surface area contributed by atoms with Gasteiger partial charge in [-0.2, -0.15) is 0 Å². The molecule has 0 spiro atoms. The van der Waals surface area contributed by atoms with Crippen molar-refractivity contribution in [2.75, 3.05) is 12.3 Å². The minimum absolute atomic E-state index is 0.0321. The van der Waals surface area contributed by atoms with Crippen LogP contribution in [0.15, 0.2) is 83.5 Å². The van der Waals surface area contributed by atoms with E-state index in [1.807, 2.05) is 60.7 Å². The van der Waals surface area contributed by atoms with Crippen molar-refractivity contribution in [3.8, 4) is 0 Å². The molecule has 0 aliphatic rings. The SMILES string of the molecule is O=P(O)(CCP(c1ccccc1)c1ccccc1)[C@H](O)c1ccco1. The highest BCUT2D eigenvalue weighted by atomic mass is 31.2. The number of rotatable bonds is 7. The quantitative estimate of drug-likeness (QED) is 0.619. The number of hydrogen-bond donors (Lipinski definition) is 2. The van der Waals surface area contributed by atoms with Crippen molar-refractivity contribution in [3.63, 3.8) is 0 Å². The highest BCUT2D eigenvalue weighted by Crippen LogP contribution is 2.55. The van der Waals surface area contributed by atoms with Crippen molar-refractivity contribution in [3.05, 3.63) is 84.8 Å². The molecular formula is C19H20O4P2. The minimum Gasteiger partial charge on any atom is -0.466 e. The highest BCUT2D eigenvalue weighted by molar-refractivity contribution is 7.73. The number of furan rings is 1. The molecule has 1 aromatic heterocycles. The predicted molar refractivity (Wildman–Crippen MR) is 102 cm³/mol. The molecule has 0 amide bonds. The van der Waals surface area contributed by atoms with Crippen LogP contribution in [-0.4, -0.2) is 22.3 Å². The predicted octanol–water partition coefficient (Wildman–Crippen LogP) is 3.67. The lowest BCUT2D eigenvalue weighted by Crippen LogP contribution is -2.16. The molecular weight excluding hydrogens is 354 g/mol. The molecule has 4 nitrogen and oxygen atoms in total. The van der Waals surface area contributed by atoms with Gasteiger partial charge in [0.1, 0.15) is 5.76 Å². The van der Waals surface area contributed by atoms with Gasteiger partial charge in [0.15, 0.2) is 5.85 Å².